The number of imidazole rings is 1. The summed E-state index contributed by atoms with van der Waals surface area (Å²) in [6.07, 6.45) is -3.99. The zero-order chi connectivity index (χ0) is 20.6. The Morgan fingerprint density at radius 1 is 1.28 bits per heavy atom. The molecular formula is C18H18ClF3N6O. The van der Waals surface area contributed by atoms with Gasteiger partial charge in [-0.05, 0) is 23.3 Å². The average molecular weight is 427 g/mol. The number of nitrogens with zero attached hydrogens (tertiary/aromatic N) is 3. The van der Waals surface area contributed by atoms with Crippen LogP contribution < -0.4 is 16.3 Å². The molecule has 0 aliphatic carbocycles. The smallest absolute Gasteiger partial charge is 0.354 e. The van der Waals surface area contributed by atoms with E-state index in [1.807, 2.05) is 0 Å². The molecule has 1 saturated heterocycles. The van der Waals surface area contributed by atoms with Gasteiger partial charge in [-0.25, -0.2) is 9.78 Å². The van der Waals surface area contributed by atoms with Gasteiger partial charge in [-0.3, -0.25) is 4.57 Å². The van der Waals surface area contributed by atoms with Gasteiger partial charge in [0.2, 0.25) is 5.95 Å². The molecule has 7 nitrogen and oxygen atoms in total. The summed E-state index contributed by atoms with van der Waals surface area (Å²) in [6.45, 7) is 2.44. The largest absolute Gasteiger partial charge is 0.393 e. The number of hydrogen-bond donors (Lipinski definition) is 3. The van der Waals surface area contributed by atoms with E-state index in [2.05, 4.69) is 25.6 Å². The van der Waals surface area contributed by atoms with E-state index < -0.39 is 18.3 Å². The Morgan fingerprint density at radius 3 is 2.76 bits per heavy atom. The normalized spacial score (nSPS) is 14.9. The van der Waals surface area contributed by atoms with Crippen LogP contribution in [0.1, 0.15) is 11.1 Å². The Bertz CT molecular complexity index is 1090. The first kappa shape index (κ1) is 19.7. The quantitative estimate of drug-likeness (QED) is 0.564. The molecule has 3 aromatic rings. The number of halogens is 4. The van der Waals surface area contributed by atoms with Gasteiger partial charge in [0.1, 0.15) is 5.52 Å². The van der Waals surface area contributed by atoms with E-state index in [1.165, 1.54) is 29.0 Å². The number of aromatic nitrogens is 4. The molecule has 0 saturated carbocycles. The van der Waals surface area contributed by atoms with Crippen molar-refractivity contribution in [3.8, 4) is 0 Å². The molecule has 1 aromatic carbocycles. The number of fused-ring (bicyclic) bond motifs is 1. The van der Waals surface area contributed by atoms with Crippen LogP contribution in [-0.2, 0) is 13.0 Å². The standard InChI is InChI=1S/C18H18ClF3N6O/c19-13-2-1-11(4-18(20,21)22)12(3-13)9-28-15-14(26-17(28)29)8-25-16(27-15)24-7-10-5-23-6-10/h1-3,8,10,23H,4-7,9H2,(H,26,29)(H,24,25,27). The van der Waals surface area contributed by atoms with Gasteiger partial charge >= 0.3 is 11.9 Å². The number of benzene rings is 1. The lowest BCUT2D eigenvalue weighted by molar-refractivity contribution is -0.127. The second kappa shape index (κ2) is 7.68. The first-order valence-corrected chi connectivity index (χ1v) is 9.40. The molecule has 2 aromatic heterocycles. The summed E-state index contributed by atoms with van der Waals surface area (Å²) in [6, 6.07) is 4.18. The summed E-state index contributed by atoms with van der Waals surface area (Å²) in [5, 5.41) is 6.60. The molecule has 0 radical (unpaired) electrons. The summed E-state index contributed by atoms with van der Waals surface area (Å²) in [5.74, 6) is 0.845. The van der Waals surface area contributed by atoms with E-state index in [0.29, 0.717) is 40.2 Å². The number of anilines is 1. The van der Waals surface area contributed by atoms with Gasteiger partial charge < -0.3 is 15.6 Å². The van der Waals surface area contributed by atoms with E-state index in [0.717, 1.165) is 13.1 Å². The first-order valence-electron chi connectivity index (χ1n) is 9.03. The Hall–Kier alpha value is -2.59. The van der Waals surface area contributed by atoms with Crippen LogP contribution in [0, 0.1) is 5.92 Å². The van der Waals surface area contributed by atoms with Gasteiger partial charge in [0.15, 0.2) is 5.65 Å². The fourth-order valence-corrected chi connectivity index (χ4v) is 3.40. The second-order valence-corrected chi connectivity index (χ2v) is 7.49. The lowest BCUT2D eigenvalue weighted by Gasteiger charge is -2.26. The Labute approximate surface area is 168 Å². The maximum atomic E-state index is 12.9. The van der Waals surface area contributed by atoms with Gasteiger partial charge in [-0.15, -0.1) is 0 Å². The Balaban J connectivity index is 1.66. The van der Waals surface area contributed by atoms with Gasteiger partial charge in [0, 0.05) is 30.6 Å². The molecule has 11 heteroatoms. The van der Waals surface area contributed by atoms with Crippen LogP contribution in [0.2, 0.25) is 5.02 Å². The van der Waals surface area contributed by atoms with Crippen LogP contribution in [0.25, 0.3) is 11.2 Å². The third kappa shape index (κ3) is 4.54. The average Bonchev–Trinajstić information content (AvgIpc) is 2.90. The van der Waals surface area contributed by atoms with E-state index >= 15 is 0 Å². The Kier molecular flexibility index (Phi) is 5.22. The van der Waals surface area contributed by atoms with Crippen LogP contribution in [-0.4, -0.2) is 45.3 Å². The molecule has 154 valence electrons. The highest BCUT2D eigenvalue weighted by Gasteiger charge is 2.29. The SMILES string of the molecule is O=c1[nH]c2cnc(NCC3CNC3)nc2n1Cc1cc(Cl)ccc1CC(F)(F)F. The number of H-pyrrole nitrogens is 1. The highest BCUT2D eigenvalue weighted by atomic mass is 35.5. The fraction of sp³-hybridized carbons (Fsp3) is 0.389. The highest BCUT2D eigenvalue weighted by molar-refractivity contribution is 6.30. The maximum Gasteiger partial charge on any atom is 0.393 e. The van der Waals surface area contributed by atoms with Gasteiger partial charge in [0.05, 0.1) is 19.2 Å². The summed E-state index contributed by atoms with van der Waals surface area (Å²) in [4.78, 5) is 23.6. The number of aromatic amines is 1. The van der Waals surface area contributed by atoms with Crippen molar-refractivity contribution in [2.24, 2.45) is 5.92 Å². The van der Waals surface area contributed by atoms with E-state index in [-0.39, 0.29) is 12.1 Å². The summed E-state index contributed by atoms with van der Waals surface area (Å²) < 4.78 is 40.1. The topological polar surface area (TPSA) is 87.6 Å². The van der Waals surface area contributed by atoms with Crippen molar-refractivity contribution < 1.29 is 13.2 Å². The van der Waals surface area contributed by atoms with E-state index in [4.69, 9.17) is 11.6 Å². The predicted molar refractivity (Wildman–Crippen MR) is 103 cm³/mol. The molecule has 0 unspecified atom stereocenters. The molecule has 3 heterocycles. The molecule has 3 N–H and O–H groups in total. The minimum atomic E-state index is -4.37. The van der Waals surface area contributed by atoms with Crippen LogP contribution in [0.5, 0.6) is 0 Å². The minimum absolute atomic E-state index is 0.0630. The van der Waals surface area contributed by atoms with E-state index in [1.54, 1.807) is 0 Å². The number of nitrogens with one attached hydrogen (secondary N) is 3. The third-order valence-electron chi connectivity index (χ3n) is 4.81. The number of alkyl halides is 3. The van der Waals surface area contributed by atoms with Crippen LogP contribution in [0.4, 0.5) is 19.1 Å². The van der Waals surface area contributed by atoms with Crippen molar-refractivity contribution in [2.75, 3.05) is 25.0 Å². The summed E-state index contributed by atoms with van der Waals surface area (Å²) in [5.41, 5.74) is 0.620. The maximum absolute atomic E-state index is 12.9. The first-order chi connectivity index (χ1) is 13.8. The second-order valence-electron chi connectivity index (χ2n) is 7.06. The molecule has 0 spiro atoms. The fourth-order valence-electron chi connectivity index (χ4n) is 3.21. The van der Waals surface area contributed by atoms with Crippen molar-refractivity contribution in [1.82, 2.24) is 24.8 Å². The van der Waals surface area contributed by atoms with Gasteiger partial charge in [0.25, 0.3) is 0 Å². The molecule has 0 bridgehead atoms. The molecule has 1 aliphatic heterocycles. The summed E-state index contributed by atoms with van der Waals surface area (Å²) in [7, 11) is 0. The molecular weight excluding hydrogens is 409 g/mol. The zero-order valence-corrected chi connectivity index (χ0v) is 15.9. The molecule has 0 amide bonds. The minimum Gasteiger partial charge on any atom is -0.354 e. The predicted octanol–water partition coefficient (Wildman–Crippen LogP) is 2.56. The molecule has 0 atom stereocenters. The number of rotatable bonds is 6. The molecule has 29 heavy (non-hydrogen) atoms. The van der Waals surface area contributed by atoms with Gasteiger partial charge in [-0.1, -0.05) is 17.7 Å². The van der Waals surface area contributed by atoms with E-state index in [9.17, 15) is 18.0 Å². The third-order valence-corrected chi connectivity index (χ3v) is 5.05. The van der Waals surface area contributed by atoms with Crippen molar-refractivity contribution in [2.45, 2.75) is 19.1 Å². The zero-order valence-electron chi connectivity index (χ0n) is 15.2. The van der Waals surface area contributed by atoms with Crippen molar-refractivity contribution in [3.05, 3.63) is 51.0 Å². The molecule has 4 rings (SSSR count). The van der Waals surface area contributed by atoms with Crippen LogP contribution in [0.3, 0.4) is 0 Å². The number of hydrogen-bond acceptors (Lipinski definition) is 5. The lowest BCUT2D eigenvalue weighted by Crippen LogP contribution is -2.45. The lowest BCUT2D eigenvalue weighted by atomic mass is 10.0. The molecule has 1 aliphatic rings. The van der Waals surface area contributed by atoms with Crippen molar-refractivity contribution in [1.29, 1.82) is 0 Å². The van der Waals surface area contributed by atoms with Gasteiger partial charge in [-0.2, -0.15) is 18.2 Å². The van der Waals surface area contributed by atoms with Crippen molar-refractivity contribution >= 4 is 28.7 Å². The Morgan fingerprint density at radius 2 is 2.07 bits per heavy atom. The van der Waals surface area contributed by atoms with Crippen LogP contribution >= 0.6 is 11.6 Å². The van der Waals surface area contributed by atoms with Crippen LogP contribution in [0.15, 0.2) is 29.2 Å². The van der Waals surface area contributed by atoms with Crippen molar-refractivity contribution in [3.63, 3.8) is 0 Å². The molecule has 1 fully saturated rings. The monoisotopic (exact) mass is 426 g/mol. The summed E-state index contributed by atoms with van der Waals surface area (Å²) >= 11 is 5.98. The highest BCUT2D eigenvalue weighted by Crippen LogP contribution is 2.26.